The van der Waals surface area contributed by atoms with Gasteiger partial charge in [-0.05, 0) is 89.7 Å². The van der Waals surface area contributed by atoms with E-state index in [4.69, 9.17) is 180 Å². The summed E-state index contributed by atoms with van der Waals surface area (Å²) in [5.74, 6) is 5.35. The van der Waals surface area contributed by atoms with Crippen LogP contribution in [0.2, 0.25) is 51.9 Å². The molecule has 0 spiro atoms. The molecule has 2 aliphatic rings. The number of hydrogen-bond acceptors (Lipinski definition) is 29. The number of carbonyl (C=O) groups is 2. The summed E-state index contributed by atoms with van der Waals surface area (Å²) in [7, 11) is 20.4. The van der Waals surface area contributed by atoms with Gasteiger partial charge in [0.25, 0.3) is 11.1 Å². The van der Waals surface area contributed by atoms with Crippen molar-refractivity contribution in [1.82, 2.24) is 69.8 Å². The number of benzene rings is 4. The second-order valence-electron chi connectivity index (χ2n) is 23.0. The molecule has 0 saturated carbocycles. The zero-order valence-electron chi connectivity index (χ0n) is 67.6. The first-order valence-electron chi connectivity index (χ1n) is 33.7. The van der Waals surface area contributed by atoms with Gasteiger partial charge < -0.3 is 89.0 Å². The third-order valence-electron chi connectivity index (χ3n) is 15.0. The fourth-order valence-corrected chi connectivity index (χ4v) is 12.5. The monoisotopic (exact) mass is 2310 g/mol. The SMILES string of the molecule is C.C.CN.COc1cc(C)cc(N)c1.COc1cc(NCc2cnc(Cl)nc2Cl)cc(OC)c1.COc1cc(OC)c(Cl)c(N2Cc3cnc(Cl)nc3N(C)C2=O)c1Cl.COc1cc(OC)cc(N2Cc3cnc(Cl)nc3N(C)C2=O)c1.Cl.ClCc1cnc(Cl)nc1Cl.Clc1ncc(CI)c(Cl)n1.O=S(=O)(Cl)Cl.O=c1[nH]cc(CO)c(=O)[nH]1.O=c1cc[nH]c(=O)[nH]1.[I-].[Na+]. The maximum Gasteiger partial charge on any atom is 1.00 e. The number of nitrogen functional groups attached to an aromatic ring is 1. The number of nitrogens with two attached hydrogens (primary N) is 2. The molecule has 9 heterocycles. The van der Waals surface area contributed by atoms with E-state index in [1.165, 1.54) is 60.6 Å². The summed E-state index contributed by atoms with van der Waals surface area (Å²) < 4.78 is 55.6. The molecule has 0 atom stereocenters. The van der Waals surface area contributed by atoms with E-state index in [2.05, 4.69) is 115 Å². The van der Waals surface area contributed by atoms with Gasteiger partial charge in [0, 0.05) is 184 Å². The van der Waals surface area contributed by atoms with Gasteiger partial charge in [0.2, 0.25) is 26.4 Å². The Balaban J connectivity index is 0. The maximum absolute atomic E-state index is 12.9. The maximum atomic E-state index is 12.9. The second kappa shape index (κ2) is 62.2. The van der Waals surface area contributed by atoms with Gasteiger partial charge in [0.05, 0.1) is 92.3 Å². The fourth-order valence-electron chi connectivity index (χ4n) is 9.35. The van der Waals surface area contributed by atoms with Crippen molar-refractivity contribution in [2.45, 2.75) is 58.3 Å². The van der Waals surface area contributed by atoms with E-state index >= 15 is 0 Å². The molecular formula is C73H82Cl14I2N21NaO16S. The Morgan fingerprint density at radius 1 is 0.531 bits per heavy atom. The number of aromatic amines is 4. The summed E-state index contributed by atoms with van der Waals surface area (Å²) in [6.07, 6.45) is 10.4. The number of aromatic nitrogens is 14. The minimum atomic E-state index is -3.72. The predicted molar refractivity (Wildman–Crippen MR) is 508 cm³/mol. The summed E-state index contributed by atoms with van der Waals surface area (Å²) >= 11 is 66.0. The largest absolute Gasteiger partial charge is 1.00 e. The number of urea groups is 2. The summed E-state index contributed by atoms with van der Waals surface area (Å²) in [6.45, 7) is 2.59. The molecule has 0 aliphatic carbocycles. The number of amides is 4. The van der Waals surface area contributed by atoms with Gasteiger partial charge in [0.1, 0.15) is 77.4 Å². The van der Waals surface area contributed by atoms with Gasteiger partial charge in [-0.2, -0.15) is 18.4 Å². The predicted octanol–water partition coefficient (Wildman–Crippen LogP) is 10.6. The van der Waals surface area contributed by atoms with E-state index < -0.39 is 25.2 Å². The molecule has 0 fully saturated rings. The molecule has 7 aromatic heterocycles. The van der Waals surface area contributed by atoms with Crippen LogP contribution in [0, 0.1) is 6.92 Å². The quantitative estimate of drug-likeness (QED) is 0.00899. The Labute approximate surface area is 857 Å². The van der Waals surface area contributed by atoms with Crippen LogP contribution in [0.15, 0.2) is 129 Å². The average Bonchev–Trinajstić information content (AvgIpc) is 0.736. The van der Waals surface area contributed by atoms with Crippen molar-refractivity contribution in [1.29, 1.82) is 0 Å². The van der Waals surface area contributed by atoms with Crippen LogP contribution < -0.4 is 146 Å². The van der Waals surface area contributed by atoms with Crippen LogP contribution in [0.3, 0.4) is 0 Å². The van der Waals surface area contributed by atoms with Crippen LogP contribution >= 0.6 is 184 Å². The van der Waals surface area contributed by atoms with E-state index in [1.54, 1.807) is 116 Å². The van der Waals surface area contributed by atoms with E-state index in [0.29, 0.717) is 97.4 Å². The molecule has 0 unspecified atom stereocenters. The van der Waals surface area contributed by atoms with Crippen LogP contribution in [0.5, 0.6) is 40.2 Å². The zero-order chi connectivity index (χ0) is 92.1. The van der Waals surface area contributed by atoms with Crippen molar-refractivity contribution in [2.75, 3.05) is 102 Å². The molecule has 694 valence electrons. The summed E-state index contributed by atoms with van der Waals surface area (Å²) in [4.78, 5) is 120. The van der Waals surface area contributed by atoms with Crippen LogP contribution in [-0.2, 0) is 44.8 Å². The molecule has 0 radical (unpaired) electrons. The fraction of sp³-hybridized carbons (Fsp3) is 0.260. The number of nitrogens with zero attached hydrogens (tertiary/aromatic N) is 14. The number of alkyl halides is 2. The van der Waals surface area contributed by atoms with E-state index in [-0.39, 0.29) is 159 Å². The first kappa shape index (κ1) is 123. The zero-order valence-corrected chi connectivity index (χ0v) is 85.4. The molecule has 37 nitrogen and oxygen atoms in total. The van der Waals surface area contributed by atoms with Crippen molar-refractivity contribution >= 4 is 239 Å². The first-order valence-corrected chi connectivity index (χ1v) is 42.6. The number of aliphatic hydroxyl groups is 1. The van der Waals surface area contributed by atoms with Gasteiger partial charge in [-0.25, -0.2) is 59.0 Å². The number of fused-ring (bicyclic) bond motifs is 2. The van der Waals surface area contributed by atoms with Gasteiger partial charge in [-0.1, -0.05) is 95.4 Å². The number of H-pyrrole nitrogens is 4. The molecule has 2 aliphatic heterocycles. The number of halogens is 16. The van der Waals surface area contributed by atoms with Crippen LogP contribution in [0.1, 0.15) is 53.8 Å². The van der Waals surface area contributed by atoms with E-state index in [9.17, 15) is 28.8 Å². The third kappa shape index (κ3) is 40.5. The van der Waals surface area contributed by atoms with E-state index in [1.807, 2.05) is 41.2 Å². The topological polar surface area (TPSA) is 490 Å². The standard InChI is InChI=1S/C15H13Cl3N4O3.C15H15ClN4O3.C13H13Cl2N3O2.C8H11NO.C5H3Cl3N2.C5H3Cl2IN2.C5H6N2O3.C4H4N2O2.CH5N.2CH4.Cl2O2S.ClH.HI.Na/c1-21-13-7(5-19-14(18)20-13)6-22(15(21)23)12-10(16)8(24-2)4-9(25-3)11(12)17;1-19-13-9(7-17-14(16)18-13)8-20(15(19)21)10-4-11(22-2)6-12(5-10)23-3;1-19-10-3-9(4-11(5-10)20-2)16-6-8-7-17-13(15)18-12(8)14;1-6-3-7(9)5-8(4-6)10-2;6-1-3-2-9-5(8)10-4(3)7;6-4-3(1-8)2-9-5(7)10-4;8-2-3-1-6-5(10)7-4(3)9;7-3-1-2-5-4(8)6-3;1-2;;;1-5(2,3)4;;;/h4-5H,6H2,1-3H3;4-7H,8H2,1-3H3;3-5,7,16H,6H2,1-2H3;3-5H,9H2,1-2H3;2*2H,1H2;1,8H,2H2,(H2,6,7,9,10);1-2H,(H2,5,6,7,8);2H2,1H3;2*1H4;;2*1H;/q;;;;;;;;;;;;;;+1/p-1. The van der Waals surface area contributed by atoms with Gasteiger partial charge in [-0.3, -0.25) is 39.2 Å². The molecule has 10 N–H and O–H groups in total. The molecule has 0 bridgehead atoms. The Morgan fingerprint density at radius 3 is 1.30 bits per heavy atom. The number of methoxy groups -OCH3 is 7. The minimum absolute atomic E-state index is 0. The number of nitrogens with one attached hydrogen (secondary N) is 5. The number of anilines is 6. The molecule has 55 heteroatoms. The molecule has 0 saturated heterocycles. The number of aryl methyl sites for hydroxylation is 1. The second-order valence-corrected chi connectivity index (χ2v) is 31.2. The van der Waals surface area contributed by atoms with Gasteiger partial charge in [0.15, 0.2) is 0 Å². The van der Waals surface area contributed by atoms with Crippen LogP contribution in [0.25, 0.3) is 0 Å². The molecule has 13 rings (SSSR count). The number of aliphatic hydroxyl groups excluding tert-OH is 1. The number of ether oxygens (including phenoxy) is 7. The molecular weight excluding hydrogens is 2230 g/mol. The molecule has 4 amide bonds. The summed E-state index contributed by atoms with van der Waals surface area (Å²) in [5, 5.41) is 13.8. The van der Waals surface area contributed by atoms with Gasteiger partial charge in [-0.15, -0.1) is 24.0 Å². The normalized spacial score (nSPS) is 10.9. The Hall–Kier alpha value is -7.23. The minimum Gasteiger partial charge on any atom is -1.00 e. The Morgan fingerprint density at radius 2 is 0.922 bits per heavy atom. The van der Waals surface area contributed by atoms with Crippen LogP contribution in [-0.4, -0.2) is 166 Å². The van der Waals surface area contributed by atoms with E-state index in [0.717, 1.165) is 43.8 Å². The Bertz CT molecular complexity index is 5590. The molecule has 128 heavy (non-hydrogen) atoms. The van der Waals surface area contributed by atoms with Gasteiger partial charge >= 0.3 is 61.3 Å². The van der Waals surface area contributed by atoms with Crippen molar-refractivity contribution in [2.24, 2.45) is 5.73 Å². The third-order valence-corrected chi connectivity index (χ3v) is 18.7. The summed E-state index contributed by atoms with van der Waals surface area (Å²) in [5.41, 5.74) is 15.7. The molecule has 11 aromatic rings. The number of hydrogen-bond donors (Lipinski definition) is 8. The number of carbonyl (C=O) groups excluding carboxylic acids is 2. The van der Waals surface area contributed by atoms with Crippen molar-refractivity contribution in [3.05, 3.63) is 243 Å². The smallest absolute Gasteiger partial charge is 1.00 e. The van der Waals surface area contributed by atoms with Crippen molar-refractivity contribution < 1.29 is 110 Å². The van der Waals surface area contributed by atoms with Crippen molar-refractivity contribution in [3.63, 3.8) is 0 Å². The van der Waals surface area contributed by atoms with Crippen molar-refractivity contribution in [3.8, 4) is 40.2 Å². The average molecular weight is 2310 g/mol. The first-order chi connectivity index (χ1) is 58.2. The molecule has 4 aromatic carbocycles. The summed E-state index contributed by atoms with van der Waals surface area (Å²) in [6, 6.07) is 18.6. The number of rotatable bonds is 15. The Kier molecular flexibility index (Phi) is 59.7. The van der Waals surface area contributed by atoms with Crippen LogP contribution in [0.4, 0.5) is 44.0 Å².